The molecule has 0 N–H and O–H groups in total. The lowest BCUT2D eigenvalue weighted by Crippen LogP contribution is -2.50. The molecule has 2 aromatic carbocycles. The minimum atomic E-state index is -0.298. The zero-order valence-corrected chi connectivity index (χ0v) is 17.6. The van der Waals surface area contributed by atoms with Crippen LogP contribution in [0.1, 0.15) is 45.9 Å². The lowest BCUT2D eigenvalue weighted by atomic mass is 9.96. The van der Waals surface area contributed by atoms with Crippen LogP contribution in [0, 0.1) is 18.6 Å². The van der Waals surface area contributed by atoms with Gasteiger partial charge in [0.2, 0.25) is 0 Å². The molecule has 1 amide bonds. The van der Waals surface area contributed by atoms with Gasteiger partial charge in [0.1, 0.15) is 23.0 Å². The van der Waals surface area contributed by atoms with Crippen molar-refractivity contribution in [3.63, 3.8) is 0 Å². The molecule has 0 aliphatic carbocycles. The van der Waals surface area contributed by atoms with E-state index in [0.717, 1.165) is 11.1 Å². The van der Waals surface area contributed by atoms with Gasteiger partial charge in [0.15, 0.2) is 0 Å². The molecular formula is C24H25F2N3O2. The van der Waals surface area contributed by atoms with Gasteiger partial charge in [-0.3, -0.25) is 9.69 Å². The molecule has 5 nitrogen and oxygen atoms in total. The van der Waals surface area contributed by atoms with Crippen LogP contribution in [-0.4, -0.2) is 47.0 Å². The van der Waals surface area contributed by atoms with Gasteiger partial charge in [-0.05, 0) is 48.7 Å². The van der Waals surface area contributed by atoms with Crippen LogP contribution in [-0.2, 0) is 6.42 Å². The Morgan fingerprint density at radius 2 is 1.48 bits per heavy atom. The SMILES string of the molecule is CCc1noc(C)c1C(=O)N1CCN(C(c2ccc(F)cc2)c2ccc(F)cc2)CC1. The van der Waals surface area contributed by atoms with E-state index in [9.17, 15) is 13.6 Å². The largest absolute Gasteiger partial charge is 0.361 e. The fourth-order valence-electron chi connectivity index (χ4n) is 4.18. The highest BCUT2D eigenvalue weighted by atomic mass is 19.1. The second-order valence-corrected chi connectivity index (χ2v) is 7.75. The Kier molecular flexibility index (Phi) is 6.13. The molecule has 2 heterocycles. The Hall–Kier alpha value is -3.06. The number of halogens is 2. The minimum absolute atomic E-state index is 0.0598. The van der Waals surface area contributed by atoms with Crippen molar-refractivity contribution in [1.82, 2.24) is 15.0 Å². The van der Waals surface area contributed by atoms with Gasteiger partial charge in [-0.15, -0.1) is 0 Å². The van der Waals surface area contributed by atoms with Gasteiger partial charge in [0, 0.05) is 26.2 Å². The molecule has 162 valence electrons. The highest BCUT2D eigenvalue weighted by Gasteiger charge is 2.31. The highest BCUT2D eigenvalue weighted by Crippen LogP contribution is 2.30. The van der Waals surface area contributed by atoms with E-state index in [1.807, 2.05) is 11.8 Å². The van der Waals surface area contributed by atoms with Gasteiger partial charge in [-0.25, -0.2) is 8.78 Å². The minimum Gasteiger partial charge on any atom is -0.361 e. The predicted molar refractivity (Wildman–Crippen MR) is 113 cm³/mol. The van der Waals surface area contributed by atoms with Gasteiger partial charge in [0.25, 0.3) is 5.91 Å². The first-order valence-corrected chi connectivity index (χ1v) is 10.5. The average Bonchev–Trinajstić information content (AvgIpc) is 3.17. The summed E-state index contributed by atoms with van der Waals surface area (Å²) in [6.07, 6.45) is 0.635. The van der Waals surface area contributed by atoms with E-state index in [1.165, 1.54) is 24.3 Å². The number of hydrogen-bond donors (Lipinski definition) is 0. The maximum Gasteiger partial charge on any atom is 0.259 e. The van der Waals surface area contributed by atoms with Crippen molar-refractivity contribution in [1.29, 1.82) is 0 Å². The molecule has 4 rings (SSSR count). The average molecular weight is 425 g/mol. The molecule has 1 aliphatic rings. The Morgan fingerprint density at radius 1 is 0.968 bits per heavy atom. The maximum atomic E-state index is 13.5. The second-order valence-electron chi connectivity index (χ2n) is 7.75. The molecule has 3 aromatic rings. The molecular weight excluding hydrogens is 400 g/mol. The summed E-state index contributed by atoms with van der Waals surface area (Å²) in [6.45, 7) is 6.07. The topological polar surface area (TPSA) is 49.6 Å². The summed E-state index contributed by atoms with van der Waals surface area (Å²) in [5.41, 5.74) is 3.09. The number of hydrogen-bond acceptors (Lipinski definition) is 4. The van der Waals surface area contributed by atoms with Crippen LogP contribution in [0.5, 0.6) is 0 Å². The fourth-order valence-corrected chi connectivity index (χ4v) is 4.18. The number of aryl methyl sites for hydroxylation is 2. The Bertz CT molecular complexity index is 994. The van der Waals surface area contributed by atoms with Crippen LogP contribution >= 0.6 is 0 Å². The summed E-state index contributed by atoms with van der Waals surface area (Å²) in [7, 11) is 0. The molecule has 31 heavy (non-hydrogen) atoms. The Balaban J connectivity index is 1.55. The molecule has 0 atom stereocenters. The fraction of sp³-hybridized carbons (Fsp3) is 0.333. The quantitative estimate of drug-likeness (QED) is 0.609. The summed E-state index contributed by atoms with van der Waals surface area (Å²) in [5.74, 6) is -0.115. The van der Waals surface area contributed by atoms with E-state index in [1.54, 1.807) is 31.2 Å². The molecule has 1 saturated heterocycles. The Morgan fingerprint density at radius 3 is 1.97 bits per heavy atom. The predicted octanol–water partition coefficient (Wildman–Crippen LogP) is 4.37. The van der Waals surface area contributed by atoms with Crippen LogP contribution in [0.15, 0.2) is 53.1 Å². The Labute approximate surface area is 180 Å². The van der Waals surface area contributed by atoms with Crippen molar-refractivity contribution in [2.75, 3.05) is 26.2 Å². The van der Waals surface area contributed by atoms with E-state index in [-0.39, 0.29) is 23.6 Å². The van der Waals surface area contributed by atoms with Gasteiger partial charge in [0.05, 0.1) is 11.7 Å². The molecule has 1 aliphatic heterocycles. The summed E-state index contributed by atoms with van der Waals surface area (Å²) in [4.78, 5) is 17.1. The molecule has 7 heteroatoms. The number of rotatable bonds is 5. The standard InChI is InChI=1S/C24H25F2N3O2/c1-3-21-22(16(2)31-27-21)24(30)29-14-12-28(13-15-29)23(17-4-8-19(25)9-5-17)18-6-10-20(26)11-7-18/h4-11,23H,3,12-15H2,1-2H3. The first-order valence-electron chi connectivity index (χ1n) is 10.5. The van der Waals surface area contributed by atoms with Crippen LogP contribution in [0.4, 0.5) is 8.78 Å². The molecule has 0 saturated carbocycles. The zero-order chi connectivity index (χ0) is 22.0. The van der Waals surface area contributed by atoms with Crippen LogP contribution < -0.4 is 0 Å². The summed E-state index contributed by atoms with van der Waals surface area (Å²) in [6, 6.07) is 12.6. The lowest BCUT2D eigenvalue weighted by molar-refractivity contribution is 0.0594. The van der Waals surface area contributed by atoms with Crippen molar-refractivity contribution in [3.8, 4) is 0 Å². The number of amides is 1. The number of carbonyl (C=O) groups excluding carboxylic acids is 1. The van der Waals surface area contributed by atoms with E-state index in [0.29, 0.717) is 49.6 Å². The summed E-state index contributed by atoms with van der Waals surface area (Å²) in [5, 5.41) is 3.99. The monoisotopic (exact) mass is 425 g/mol. The van der Waals surface area contributed by atoms with Crippen molar-refractivity contribution in [2.24, 2.45) is 0 Å². The molecule has 0 radical (unpaired) electrons. The lowest BCUT2D eigenvalue weighted by Gasteiger charge is -2.39. The van der Waals surface area contributed by atoms with Crippen molar-refractivity contribution in [3.05, 3.63) is 88.3 Å². The molecule has 1 fully saturated rings. The molecule has 0 bridgehead atoms. The van der Waals surface area contributed by atoms with Gasteiger partial charge < -0.3 is 9.42 Å². The van der Waals surface area contributed by atoms with Crippen molar-refractivity contribution >= 4 is 5.91 Å². The third-order valence-corrected chi connectivity index (χ3v) is 5.82. The third-order valence-electron chi connectivity index (χ3n) is 5.82. The summed E-state index contributed by atoms with van der Waals surface area (Å²) >= 11 is 0. The normalized spacial score (nSPS) is 14.9. The highest BCUT2D eigenvalue weighted by molar-refractivity contribution is 5.96. The number of carbonyl (C=O) groups is 1. The van der Waals surface area contributed by atoms with Gasteiger partial charge in [-0.2, -0.15) is 0 Å². The van der Waals surface area contributed by atoms with Crippen LogP contribution in [0.25, 0.3) is 0 Å². The number of nitrogens with zero attached hydrogens (tertiary/aromatic N) is 3. The third kappa shape index (κ3) is 4.37. The smallest absolute Gasteiger partial charge is 0.259 e. The van der Waals surface area contributed by atoms with Gasteiger partial charge in [-0.1, -0.05) is 36.3 Å². The van der Waals surface area contributed by atoms with Crippen molar-refractivity contribution < 1.29 is 18.1 Å². The summed E-state index contributed by atoms with van der Waals surface area (Å²) < 4.78 is 32.2. The van der Waals surface area contributed by atoms with Crippen LogP contribution in [0.2, 0.25) is 0 Å². The molecule has 1 aromatic heterocycles. The zero-order valence-electron chi connectivity index (χ0n) is 17.6. The van der Waals surface area contributed by atoms with Crippen molar-refractivity contribution in [2.45, 2.75) is 26.3 Å². The molecule has 0 spiro atoms. The van der Waals surface area contributed by atoms with Gasteiger partial charge >= 0.3 is 0 Å². The van der Waals surface area contributed by atoms with E-state index in [4.69, 9.17) is 4.52 Å². The maximum absolute atomic E-state index is 13.5. The second kappa shape index (κ2) is 8.98. The number of benzene rings is 2. The first kappa shape index (κ1) is 21.2. The number of piperazine rings is 1. The molecule has 0 unspecified atom stereocenters. The van der Waals surface area contributed by atoms with E-state index in [2.05, 4.69) is 10.1 Å². The van der Waals surface area contributed by atoms with E-state index < -0.39 is 0 Å². The van der Waals surface area contributed by atoms with E-state index >= 15 is 0 Å². The van der Waals surface area contributed by atoms with Crippen LogP contribution in [0.3, 0.4) is 0 Å². The first-order chi connectivity index (χ1) is 15.0. The number of aromatic nitrogens is 1.